The minimum absolute atomic E-state index is 0.162. The quantitative estimate of drug-likeness (QED) is 0.606. The van der Waals surface area contributed by atoms with Gasteiger partial charge in [0, 0.05) is 13.0 Å². The fourth-order valence-corrected chi connectivity index (χ4v) is 2.12. The van der Waals surface area contributed by atoms with E-state index in [0.29, 0.717) is 12.0 Å². The second-order valence-electron chi connectivity index (χ2n) is 3.72. The highest BCUT2D eigenvalue weighted by Crippen LogP contribution is 2.31. The minimum atomic E-state index is 0.162. The van der Waals surface area contributed by atoms with E-state index in [4.69, 9.17) is 4.74 Å². The zero-order chi connectivity index (χ0) is 8.97. The minimum Gasteiger partial charge on any atom is -0.381 e. The number of carbonyl (C=O) groups is 1. The summed E-state index contributed by atoms with van der Waals surface area (Å²) in [7, 11) is 1.75. The first-order valence-electron chi connectivity index (χ1n) is 4.77. The van der Waals surface area contributed by atoms with Crippen LogP contribution in [0.3, 0.4) is 0 Å². The third-order valence-corrected chi connectivity index (χ3v) is 2.95. The molecule has 3 unspecified atom stereocenters. The maximum Gasteiger partial charge on any atom is 0.123 e. The molecule has 1 fully saturated rings. The number of methoxy groups -OCH3 is 1. The monoisotopic (exact) mass is 170 g/mol. The van der Waals surface area contributed by atoms with Crippen LogP contribution >= 0.6 is 0 Å². The van der Waals surface area contributed by atoms with E-state index in [0.717, 1.165) is 19.1 Å². The van der Waals surface area contributed by atoms with Crippen molar-refractivity contribution in [3.05, 3.63) is 0 Å². The van der Waals surface area contributed by atoms with Gasteiger partial charge < -0.3 is 9.53 Å². The van der Waals surface area contributed by atoms with Crippen molar-refractivity contribution in [2.45, 2.75) is 38.7 Å². The van der Waals surface area contributed by atoms with Crippen LogP contribution in [0.5, 0.6) is 0 Å². The normalized spacial score (nSPS) is 32.8. The first-order valence-corrected chi connectivity index (χ1v) is 4.77. The van der Waals surface area contributed by atoms with Crippen LogP contribution in [-0.4, -0.2) is 19.5 Å². The van der Waals surface area contributed by atoms with Crippen LogP contribution in [0.15, 0.2) is 0 Å². The lowest BCUT2D eigenvalue weighted by Crippen LogP contribution is -2.31. The average molecular weight is 170 g/mol. The van der Waals surface area contributed by atoms with Gasteiger partial charge in [-0.2, -0.15) is 0 Å². The maximum atomic E-state index is 10.6. The summed E-state index contributed by atoms with van der Waals surface area (Å²) in [4.78, 5) is 10.6. The van der Waals surface area contributed by atoms with Crippen molar-refractivity contribution in [3.8, 4) is 0 Å². The molecule has 70 valence electrons. The van der Waals surface area contributed by atoms with E-state index in [1.807, 2.05) is 6.92 Å². The zero-order valence-electron chi connectivity index (χ0n) is 7.95. The topological polar surface area (TPSA) is 26.3 Å². The molecular weight excluding hydrogens is 152 g/mol. The summed E-state index contributed by atoms with van der Waals surface area (Å²) < 4.78 is 5.37. The standard InChI is InChI=1S/C10H18O2/c1-8(7-11)9-5-3-4-6-10(9)12-2/h7-10H,3-6H2,1-2H3. The van der Waals surface area contributed by atoms with E-state index in [-0.39, 0.29) is 5.92 Å². The molecule has 12 heavy (non-hydrogen) atoms. The molecule has 1 saturated carbocycles. The second kappa shape index (κ2) is 4.61. The predicted octanol–water partition coefficient (Wildman–Crippen LogP) is 2.03. The molecule has 2 nitrogen and oxygen atoms in total. The Morgan fingerprint density at radius 1 is 1.42 bits per heavy atom. The highest BCUT2D eigenvalue weighted by atomic mass is 16.5. The number of rotatable bonds is 3. The van der Waals surface area contributed by atoms with Gasteiger partial charge in [-0.05, 0) is 18.8 Å². The molecule has 0 amide bonds. The molecule has 2 heteroatoms. The first kappa shape index (κ1) is 9.72. The van der Waals surface area contributed by atoms with E-state index in [2.05, 4.69) is 0 Å². The Hall–Kier alpha value is -0.370. The molecule has 0 saturated heterocycles. The third kappa shape index (κ3) is 2.07. The molecule has 0 aromatic carbocycles. The van der Waals surface area contributed by atoms with Crippen LogP contribution in [0.25, 0.3) is 0 Å². The zero-order valence-corrected chi connectivity index (χ0v) is 7.95. The van der Waals surface area contributed by atoms with Crippen LogP contribution in [-0.2, 0) is 9.53 Å². The van der Waals surface area contributed by atoms with Crippen LogP contribution in [0.2, 0.25) is 0 Å². The smallest absolute Gasteiger partial charge is 0.123 e. The Balaban J connectivity index is 2.51. The number of ether oxygens (including phenoxy) is 1. The second-order valence-corrected chi connectivity index (χ2v) is 3.72. The Morgan fingerprint density at radius 2 is 2.08 bits per heavy atom. The molecular formula is C10H18O2. The lowest BCUT2D eigenvalue weighted by molar-refractivity contribution is -0.114. The summed E-state index contributed by atoms with van der Waals surface area (Å²) in [6.07, 6.45) is 6.15. The van der Waals surface area contributed by atoms with Gasteiger partial charge in [0.05, 0.1) is 6.10 Å². The summed E-state index contributed by atoms with van der Waals surface area (Å²) >= 11 is 0. The Bertz CT molecular complexity index is 145. The molecule has 1 aliphatic rings. The molecule has 3 atom stereocenters. The maximum absolute atomic E-state index is 10.6. The SMILES string of the molecule is COC1CCCCC1C(C)C=O. The highest BCUT2D eigenvalue weighted by Gasteiger charge is 2.28. The van der Waals surface area contributed by atoms with Crippen molar-refractivity contribution in [1.82, 2.24) is 0 Å². The lowest BCUT2D eigenvalue weighted by atomic mass is 9.79. The van der Waals surface area contributed by atoms with E-state index < -0.39 is 0 Å². The number of carbonyl (C=O) groups excluding carboxylic acids is 1. The Labute approximate surface area is 74.3 Å². The molecule has 1 aliphatic carbocycles. The van der Waals surface area contributed by atoms with Crippen molar-refractivity contribution >= 4 is 6.29 Å². The van der Waals surface area contributed by atoms with Crippen molar-refractivity contribution in [1.29, 1.82) is 0 Å². The van der Waals surface area contributed by atoms with Crippen molar-refractivity contribution in [3.63, 3.8) is 0 Å². The molecule has 0 spiro atoms. The Kier molecular flexibility index (Phi) is 3.73. The van der Waals surface area contributed by atoms with Crippen LogP contribution in [0, 0.1) is 11.8 Å². The first-order chi connectivity index (χ1) is 5.79. The van der Waals surface area contributed by atoms with Gasteiger partial charge in [-0.25, -0.2) is 0 Å². The van der Waals surface area contributed by atoms with Crippen molar-refractivity contribution < 1.29 is 9.53 Å². The van der Waals surface area contributed by atoms with Crippen LogP contribution < -0.4 is 0 Å². The Morgan fingerprint density at radius 3 is 2.67 bits per heavy atom. The average Bonchev–Trinajstić information content (AvgIpc) is 2.16. The van der Waals surface area contributed by atoms with Gasteiger partial charge in [-0.1, -0.05) is 19.8 Å². The van der Waals surface area contributed by atoms with Gasteiger partial charge >= 0.3 is 0 Å². The summed E-state index contributed by atoms with van der Waals surface area (Å²) in [5.74, 6) is 0.622. The largest absolute Gasteiger partial charge is 0.381 e. The summed E-state index contributed by atoms with van der Waals surface area (Å²) in [6.45, 7) is 2.00. The van der Waals surface area contributed by atoms with Gasteiger partial charge in [-0.15, -0.1) is 0 Å². The molecule has 0 aromatic rings. The molecule has 0 aromatic heterocycles. The summed E-state index contributed by atoms with van der Waals surface area (Å²) in [5, 5.41) is 0. The van der Waals surface area contributed by atoms with Crippen molar-refractivity contribution in [2.24, 2.45) is 11.8 Å². The third-order valence-electron chi connectivity index (χ3n) is 2.95. The predicted molar refractivity (Wildman–Crippen MR) is 48.0 cm³/mol. The molecule has 0 heterocycles. The van der Waals surface area contributed by atoms with Crippen LogP contribution in [0.4, 0.5) is 0 Å². The van der Waals surface area contributed by atoms with Crippen LogP contribution in [0.1, 0.15) is 32.6 Å². The number of hydrogen-bond donors (Lipinski definition) is 0. The molecule has 0 aliphatic heterocycles. The number of hydrogen-bond acceptors (Lipinski definition) is 2. The van der Waals surface area contributed by atoms with Gasteiger partial charge in [0.1, 0.15) is 6.29 Å². The fraction of sp³-hybridized carbons (Fsp3) is 0.900. The number of aldehydes is 1. The summed E-state index contributed by atoms with van der Waals surface area (Å²) in [5.41, 5.74) is 0. The molecule has 0 bridgehead atoms. The lowest BCUT2D eigenvalue weighted by Gasteiger charge is -2.32. The molecule has 1 rings (SSSR count). The van der Waals surface area contributed by atoms with Gasteiger partial charge in [-0.3, -0.25) is 0 Å². The van der Waals surface area contributed by atoms with Crippen molar-refractivity contribution in [2.75, 3.05) is 7.11 Å². The highest BCUT2D eigenvalue weighted by molar-refractivity contribution is 5.53. The van der Waals surface area contributed by atoms with E-state index in [1.54, 1.807) is 7.11 Å². The van der Waals surface area contributed by atoms with E-state index in [1.165, 1.54) is 12.8 Å². The van der Waals surface area contributed by atoms with Gasteiger partial charge in [0.25, 0.3) is 0 Å². The molecule has 0 radical (unpaired) electrons. The van der Waals surface area contributed by atoms with E-state index >= 15 is 0 Å². The molecule has 0 N–H and O–H groups in total. The summed E-state index contributed by atoms with van der Waals surface area (Å²) in [6, 6.07) is 0. The fourth-order valence-electron chi connectivity index (χ4n) is 2.12. The van der Waals surface area contributed by atoms with Gasteiger partial charge in [0.15, 0.2) is 0 Å². The van der Waals surface area contributed by atoms with E-state index in [9.17, 15) is 4.79 Å². The van der Waals surface area contributed by atoms with Gasteiger partial charge in [0.2, 0.25) is 0 Å².